The Morgan fingerprint density at radius 2 is 1.89 bits per heavy atom. The van der Waals surface area contributed by atoms with Crippen molar-refractivity contribution in [2.24, 2.45) is 0 Å². The fourth-order valence-corrected chi connectivity index (χ4v) is 1.86. The third-order valence-corrected chi connectivity index (χ3v) is 2.89. The second-order valence-corrected chi connectivity index (χ2v) is 4.25. The lowest BCUT2D eigenvalue weighted by Gasteiger charge is -2.15. The van der Waals surface area contributed by atoms with Gasteiger partial charge < -0.3 is 9.84 Å². The highest BCUT2D eigenvalue weighted by Gasteiger charge is 2.21. The molecular formula is C16H16O3. The van der Waals surface area contributed by atoms with Crippen molar-refractivity contribution in [3.05, 3.63) is 65.7 Å². The molecule has 1 N–H and O–H groups in total. The zero-order valence-electron chi connectivity index (χ0n) is 10.7. The molecule has 0 saturated carbocycles. The molecule has 2 aromatic rings. The Labute approximate surface area is 112 Å². The van der Waals surface area contributed by atoms with Gasteiger partial charge in [0, 0.05) is 5.56 Å². The zero-order chi connectivity index (χ0) is 13.7. The maximum absolute atomic E-state index is 11.3. The molecule has 1 atom stereocenters. The van der Waals surface area contributed by atoms with Gasteiger partial charge >= 0.3 is 5.97 Å². The number of carbonyl (C=O) groups is 1. The van der Waals surface area contributed by atoms with Crippen molar-refractivity contribution in [2.45, 2.75) is 19.4 Å². The van der Waals surface area contributed by atoms with Gasteiger partial charge in [-0.15, -0.1) is 0 Å². The van der Waals surface area contributed by atoms with Gasteiger partial charge in [0.05, 0.1) is 0 Å². The lowest BCUT2D eigenvalue weighted by atomic mass is 10.1. The molecule has 3 heteroatoms. The summed E-state index contributed by atoms with van der Waals surface area (Å²) < 4.78 is 5.60. The van der Waals surface area contributed by atoms with Gasteiger partial charge in [-0.2, -0.15) is 0 Å². The molecule has 0 aliphatic rings. The van der Waals surface area contributed by atoms with Crippen LogP contribution in [0.15, 0.2) is 54.6 Å². The number of benzene rings is 2. The average molecular weight is 256 g/mol. The maximum atomic E-state index is 11.3. The summed E-state index contributed by atoms with van der Waals surface area (Å²) in [4.78, 5) is 11.3. The van der Waals surface area contributed by atoms with Crippen molar-refractivity contribution in [1.82, 2.24) is 0 Å². The van der Waals surface area contributed by atoms with Gasteiger partial charge in [-0.3, -0.25) is 0 Å². The topological polar surface area (TPSA) is 46.5 Å². The Kier molecular flexibility index (Phi) is 4.18. The van der Waals surface area contributed by atoms with Crippen LogP contribution in [-0.4, -0.2) is 11.1 Å². The molecule has 2 aromatic carbocycles. The molecule has 1 unspecified atom stereocenters. The van der Waals surface area contributed by atoms with Gasteiger partial charge in [0.15, 0.2) is 0 Å². The Morgan fingerprint density at radius 1 is 1.16 bits per heavy atom. The molecule has 0 fully saturated rings. The van der Waals surface area contributed by atoms with Crippen molar-refractivity contribution in [3.63, 3.8) is 0 Å². The number of rotatable bonds is 5. The summed E-state index contributed by atoms with van der Waals surface area (Å²) in [7, 11) is 0. The number of carboxylic acid groups (broad SMARTS) is 1. The molecule has 0 aromatic heterocycles. The van der Waals surface area contributed by atoms with E-state index in [0.717, 1.165) is 12.0 Å². The molecule has 98 valence electrons. The number of hydrogen-bond donors (Lipinski definition) is 1. The summed E-state index contributed by atoms with van der Waals surface area (Å²) in [6.07, 6.45) is -0.0893. The first-order valence-corrected chi connectivity index (χ1v) is 6.24. The van der Waals surface area contributed by atoms with E-state index in [1.165, 1.54) is 0 Å². The second kappa shape index (κ2) is 6.05. The molecule has 0 amide bonds. The zero-order valence-corrected chi connectivity index (χ0v) is 10.7. The first-order valence-electron chi connectivity index (χ1n) is 6.24. The third kappa shape index (κ3) is 3.35. The van der Waals surface area contributed by atoms with Crippen molar-refractivity contribution < 1.29 is 14.6 Å². The standard InChI is InChI=1S/C16H16O3/c1-2-12-7-6-10-14(11-12)19-15(16(17)18)13-8-4-3-5-9-13/h3-11,15H,2H2,1H3,(H,17,18). The lowest BCUT2D eigenvalue weighted by Crippen LogP contribution is -2.18. The Morgan fingerprint density at radius 3 is 2.53 bits per heavy atom. The van der Waals surface area contributed by atoms with Crippen LogP contribution in [-0.2, 0) is 11.2 Å². The van der Waals surface area contributed by atoms with E-state index in [0.29, 0.717) is 11.3 Å². The van der Waals surface area contributed by atoms with Crippen molar-refractivity contribution in [2.75, 3.05) is 0 Å². The average Bonchev–Trinajstić information content (AvgIpc) is 2.45. The highest BCUT2D eigenvalue weighted by molar-refractivity contribution is 5.74. The summed E-state index contributed by atoms with van der Waals surface area (Å²) in [6, 6.07) is 16.5. The van der Waals surface area contributed by atoms with Crippen LogP contribution in [0, 0.1) is 0 Å². The monoisotopic (exact) mass is 256 g/mol. The minimum atomic E-state index is -0.992. The predicted octanol–water partition coefficient (Wildman–Crippen LogP) is 3.45. The summed E-state index contributed by atoms with van der Waals surface area (Å²) in [5.41, 5.74) is 1.76. The Balaban J connectivity index is 2.24. The molecule has 0 saturated heterocycles. The van der Waals surface area contributed by atoms with Crippen molar-refractivity contribution in [3.8, 4) is 5.75 Å². The van der Waals surface area contributed by atoms with E-state index in [2.05, 4.69) is 0 Å². The number of aryl methyl sites for hydroxylation is 1. The highest BCUT2D eigenvalue weighted by Crippen LogP contribution is 2.23. The minimum absolute atomic E-state index is 0.579. The van der Waals surface area contributed by atoms with Gasteiger partial charge in [0.25, 0.3) is 0 Å². The van der Waals surface area contributed by atoms with E-state index in [1.54, 1.807) is 30.3 Å². The van der Waals surface area contributed by atoms with E-state index < -0.39 is 12.1 Å². The van der Waals surface area contributed by atoms with Gasteiger partial charge in [-0.1, -0.05) is 49.4 Å². The number of aliphatic carboxylic acids is 1. The van der Waals surface area contributed by atoms with E-state index in [4.69, 9.17) is 4.74 Å². The van der Waals surface area contributed by atoms with E-state index >= 15 is 0 Å². The van der Waals surface area contributed by atoms with Crippen LogP contribution in [0.3, 0.4) is 0 Å². The normalized spacial score (nSPS) is 11.8. The summed E-state index contributed by atoms with van der Waals surface area (Å²) in [5, 5.41) is 9.29. The van der Waals surface area contributed by atoms with Gasteiger partial charge in [-0.05, 0) is 24.1 Å². The fourth-order valence-electron chi connectivity index (χ4n) is 1.86. The smallest absolute Gasteiger partial charge is 0.349 e. The van der Waals surface area contributed by atoms with Crippen LogP contribution in [0.25, 0.3) is 0 Å². The molecule has 3 nitrogen and oxygen atoms in total. The molecule has 0 radical (unpaired) electrons. The Hall–Kier alpha value is -2.29. The van der Waals surface area contributed by atoms with Gasteiger partial charge in [0.2, 0.25) is 6.10 Å². The maximum Gasteiger partial charge on any atom is 0.349 e. The molecule has 0 spiro atoms. The van der Waals surface area contributed by atoms with Crippen LogP contribution < -0.4 is 4.74 Å². The van der Waals surface area contributed by atoms with Crippen LogP contribution >= 0.6 is 0 Å². The minimum Gasteiger partial charge on any atom is -0.478 e. The lowest BCUT2D eigenvalue weighted by molar-refractivity contribution is -0.145. The quantitative estimate of drug-likeness (QED) is 0.891. The summed E-state index contributed by atoms with van der Waals surface area (Å²) in [5.74, 6) is -0.413. The number of carboxylic acids is 1. The molecule has 2 rings (SSSR count). The molecule has 19 heavy (non-hydrogen) atoms. The Bertz CT molecular complexity index is 549. The summed E-state index contributed by atoms with van der Waals surface area (Å²) >= 11 is 0. The predicted molar refractivity (Wildman–Crippen MR) is 73.3 cm³/mol. The molecular weight excluding hydrogens is 240 g/mol. The van der Waals surface area contributed by atoms with Crippen molar-refractivity contribution >= 4 is 5.97 Å². The van der Waals surface area contributed by atoms with Crippen LogP contribution in [0.4, 0.5) is 0 Å². The first-order chi connectivity index (χ1) is 9.20. The van der Waals surface area contributed by atoms with Crippen LogP contribution in [0.2, 0.25) is 0 Å². The third-order valence-electron chi connectivity index (χ3n) is 2.89. The second-order valence-electron chi connectivity index (χ2n) is 4.25. The fraction of sp³-hybridized carbons (Fsp3) is 0.188. The van der Waals surface area contributed by atoms with E-state index in [-0.39, 0.29) is 0 Å². The molecule has 0 heterocycles. The number of ether oxygens (including phenoxy) is 1. The SMILES string of the molecule is CCc1cccc(OC(C(=O)O)c2ccccc2)c1. The molecule has 0 aliphatic heterocycles. The number of hydrogen-bond acceptors (Lipinski definition) is 2. The molecule has 0 aliphatic carbocycles. The summed E-state index contributed by atoms with van der Waals surface area (Å²) in [6.45, 7) is 2.05. The van der Waals surface area contributed by atoms with E-state index in [1.807, 2.05) is 31.2 Å². The largest absolute Gasteiger partial charge is 0.478 e. The first kappa shape index (κ1) is 13.1. The molecule has 0 bridgehead atoms. The highest BCUT2D eigenvalue weighted by atomic mass is 16.5. The van der Waals surface area contributed by atoms with Crippen molar-refractivity contribution in [1.29, 1.82) is 0 Å². The van der Waals surface area contributed by atoms with Gasteiger partial charge in [0.1, 0.15) is 5.75 Å². The van der Waals surface area contributed by atoms with Crippen LogP contribution in [0.5, 0.6) is 5.75 Å². The van der Waals surface area contributed by atoms with Crippen LogP contribution in [0.1, 0.15) is 24.2 Å². The van der Waals surface area contributed by atoms with Gasteiger partial charge in [-0.25, -0.2) is 4.79 Å². The van der Waals surface area contributed by atoms with E-state index in [9.17, 15) is 9.90 Å².